The van der Waals surface area contributed by atoms with Crippen molar-refractivity contribution in [2.24, 2.45) is 0 Å². The number of nitrogens with zero attached hydrogens (tertiary/aromatic N) is 1. The average molecular weight is 454 g/mol. The highest BCUT2D eigenvalue weighted by Gasteiger charge is 2.37. The Bertz CT molecular complexity index is 1100. The Hall–Kier alpha value is -2.97. The molecule has 0 radical (unpaired) electrons. The van der Waals surface area contributed by atoms with E-state index in [2.05, 4.69) is 4.98 Å². The molecule has 0 bridgehead atoms. The lowest BCUT2D eigenvalue weighted by atomic mass is 9.86. The zero-order chi connectivity index (χ0) is 22.8. The van der Waals surface area contributed by atoms with Gasteiger partial charge in [-0.25, -0.2) is 9.18 Å². The molecule has 31 heavy (non-hydrogen) atoms. The molecule has 0 aliphatic rings. The lowest BCUT2D eigenvalue weighted by Crippen LogP contribution is -2.20. The molecule has 3 rings (SSSR count). The summed E-state index contributed by atoms with van der Waals surface area (Å²) in [6.07, 6.45) is -6.33. The van der Waals surface area contributed by atoms with E-state index in [1.54, 1.807) is 6.07 Å². The zero-order valence-electron chi connectivity index (χ0n) is 15.8. The van der Waals surface area contributed by atoms with Crippen molar-refractivity contribution in [2.75, 3.05) is 0 Å². The maximum atomic E-state index is 13.4. The normalized spacial score (nSPS) is 13.6. The third-order valence-electron chi connectivity index (χ3n) is 4.73. The number of aliphatic hydroxyl groups excluding tert-OH is 1. The number of carboxylic acids is 1. The summed E-state index contributed by atoms with van der Waals surface area (Å²) in [6, 6.07) is 11.6. The SMILES string of the molecule is O=C(O)c1cccc(-c2cc(C(O)C(CC(F)(F)F)c3ccc(F)cc3Cl)ccn2)c1. The summed E-state index contributed by atoms with van der Waals surface area (Å²) in [5.41, 5.74) is 0.787. The number of alkyl halides is 3. The largest absolute Gasteiger partial charge is 0.478 e. The first-order chi connectivity index (χ1) is 14.5. The molecule has 0 saturated heterocycles. The summed E-state index contributed by atoms with van der Waals surface area (Å²) < 4.78 is 53.1. The van der Waals surface area contributed by atoms with Gasteiger partial charge in [0.25, 0.3) is 0 Å². The Kier molecular flexibility index (Phi) is 6.62. The molecule has 1 aromatic heterocycles. The van der Waals surface area contributed by atoms with Gasteiger partial charge in [-0.1, -0.05) is 29.8 Å². The Labute approximate surface area is 179 Å². The zero-order valence-corrected chi connectivity index (χ0v) is 16.5. The van der Waals surface area contributed by atoms with E-state index >= 15 is 0 Å². The van der Waals surface area contributed by atoms with Crippen molar-refractivity contribution in [1.82, 2.24) is 4.98 Å². The first kappa shape index (κ1) is 22.7. The van der Waals surface area contributed by atoms with Gasteiger partial charge in [0, 0.05) is 22.7 Å². The van der Waals surface area contributed by atoms with Crippen LogP contribution in [-0.4, -0.2) is 27.3 Å². The predicted molar refractivity (Wildman–Crippen MR) is 106 cm³/mol. The van der Waals surface area contributed by atoms with Gasteiger partial charge in [-0.15, -0.1) is 0 Å². The third kappa shape index (κ3) is 5.59. The number of benzene rings is 2. The van der Waals surface area contributed by atoms with Crippen LogP contribution in [0.1, 0.15) is 39.9 Å². The van der Waals surface area contributed by atoms with Crippen LogP contribution in [0.15, 0.2) is 60.8 Å². The van der Waals surface area contributed by atoms with E-state index in [1.807, 2.05) is 0 Å². The van der Waals surface area contributed by atoms with Crippen molar-refractivity contribution < 1.29 is 32.6 Å². The van der Waals surface area contributed by atoms with Crippen molar-refractivity contribution in [1.29, 1.82) is 0 Å². The fourth-order valence-corrected chi connectivity index (χ4v) is 3.58. The topological polar surface area (TPSA) is 70.4 Å². The molecule has 2 unspecified atom stereocenters. The number of carboxylic acid groups (broad SMARTS) is 1. The number of hydrogen-bond donors (Lipinski definition) is 2. The molecule has 3 aromatic rings. The molecular weight excluding hydrogens is 438 g/mol. The molecule has 0 aliphatic heterocycles. The maximum absolute atomic E-state index is 13.4. The number of hydrogen-bond acceptors (Lipinski definition) is 3. The van der Waals surface area contributed by atoms with E-state index < -0.39 is 36.4 Å². The van der Waals surface area contributed by atoms with Crippen molar-refractivity contribution in [3.8, 4) is 11.3 Å². The van der Waals surface area contributed by atoms with Crippen LogP contribution in [0.4, 0.5) is 17.6 Å². The van der Waals surface area contributed by atoms with Crippen molar-refractivity contribution in [2.45, 2.75) is 24.6 Å². The van der Waals surface area contributed by atoms with Gasteiger partial charge in [0.05, 0.1) is 23.8 Å². The van der Waals surface area contributed by atoms with Gasteiger partial charge in [-0.3, -0.25) is 4.98 Å². The first-order valence-electron chi connectivity index (χ1n) is 9.04. The van der Waals surface area contributed by atoms with Gasteiger partial charge < -0.3 is 10.2 Å². The Balaban J connectivity index is 2.02. The van der Waals surface area contributed by atoms with E-state index in [1.165, 1.54) is 36.5 Å². The van der Waals surface area contributed by atoms with Crippen molar-refractivity contribution in [3.05, 3.63) is 88.3 Å². The van der Waals surface area contributed by atoms with Gasteiger partial charge in [-0.2, -0.15) is 13.2 Å². The minimum Gasteiger partial charge on any atom is -0.478 e. The Morgan fingerprint density at radius 3 is 2.48 bits per heavy atom. The minimum absolute atomic E-state index is 0.0123. The fourth-order valence-electron chi connectivity index (χ4n) is 3.28. The molecule has 1 heterocycles. The van der Waals surface area contributed by atoms with E-state index in [9.17, 15) is 27.5 Å². The molecule has 2 atom stereocenters. The quantitative estimate of drug-likeness (QED) is 0.448. The number of pyridine rings is 1. The van der Waals surface area contributed by atoms with Gasteiger partial charge >= 0.3 is 12.1 Å². The van der Waals surface area contributed by atoms with Crippen LogP contribution in [0.25, 0.3) is 11.3 Å². The highest BCUT2D eigenvalue weighted by Crippen LogP contribution is 2.42. The summed E-state index contributed by atoms with van der Waals surface area (Å²) in [5, 5.41) is 19.8. The average Bonchev–Trinajstić information content (AvgIpc) is 2.71. The molecule has 9 heteroatoms. The molecule has 162 valence electrons. The number of aliphatic hydroxyl groups is 1. The predicted octanol–water partition coefficient (Wildman–Crippen LogP) is 6.01. The number of carbonyl (C=O) groups is 1. The molecule has 0 spiro atoms. The molecule has 0 aliphatic carbocycles. The summed E-state index contributed by atoms with van der Waals surface area (Å²) >= 11 is 5.97. The van der Waals surface area contributed by atoms with Crippen LogP contribution in [0.2, 0.25) is 5.02 Å². The van der Waals surface area contributed by atoms with Gasteiger partial charge in [0.1, 0.15) is 5.82 Å². The minimum atomic E-state index is -4.62. The van der Waals surface area contributed by atoms with Crippen LogP contribution in [0, 0.1) is 5.82 Å². The van der Waals surface area contributed by atoms with Gasteiger partial charge in [0.2, 0.25) is 0 Å². The smallest absolute Gasteiger partial charge is 0.389 e. The monoisotopic (exact) mass is 453 g/mol. The van der Waals surface area contributed by atoms with Crippen LogP contribution in [-0.2, 0) is 0 Å². The Morgan fingerprint density at radius 1 is 1.10 bits per heavy atom. The second kappa shape index (κ2) is 9.03. The number of aromatic nitrogens is 1. The van der Waals surface area contributed by atoms with Crippen LogP contribution in [0.3, 0.4) is 0 Å². The fraction of sp³-hybridized carbons (Fsp3) is 0.182. The van der Waals surface area contributed by atoms with Gasteiger partial charge in [0.15, 0.2) is 0 Å². The summed E-state index contributed by atoms with van der Waals surface area (Å²) in [7, 11) is 0. The van der Waals surface area contributed by atoms with Crippen LogP contribution in [0.5, 0.6) is 0 Å². The molecule has 0 amide bonds. The lowest BCUT2D eigenvalue weighted by molar-refractivity contribution is -0.145. The van der Waals surface area contributed by atoms with Crippen LogP contribution >= 0.6 is 11.6 Å². The maximum Gasteiger partial charge on any atom is 0.389 e. The number of halogens is 5. The van der Waals surface area contributed by atoms with Crippen molar-refractivity contribution in [3.63, 3.8) is 0 Å². The summed E-state index contributed by atoms with van der Waals surface area (Å²) in [6.45, 7) is 0. The lowest BCUT2D eigenvalue weighted by Gasteiger charge is -2.26. The van der Waals surface area contributed by atoms with Crippen LogP contribution < -0.4 is 0 Å². The molecule has 0 saturated carbocycles. The highest BCUT2D eigenvalue weighted by atomic mass is 35.5. The molecule has 4 nitrogen and oxygen atoms in total. The van der Waals surface area contributed by atoms with Gasteiger partial charge in [-0.05, 0) is 47.5 Å². The second-order valence-corrected chi connectivity index (χ2v) is 7.30. The van der Waals surface area contributed by atoms with E-state index in [0.29, 0.717) is 5.56 Å². The van der Waals surface area contributed by atoms with E-state index in [0.717, 1.165) is 18.2 Å². The number of aromatic carboxylic acids is 1. The van der Waals surface area contributed by atoms with E-state index in [4.69, 9.17) is 16.7 Å². The molecule has 2 aromatic carbocycles. The molecule has 0 fully saturated rings. The third-order valence-corrected chi connectivity index (χ3v) is 5.05. The molecule has 2 N–H and O–H groups in total. The Morgan fingerprint density at radius 2 is 1.84 bits per heavy atom. The first-order valence-corrected chi connectivity index (χ1v) is 9.42. The summed E-state index contributed by atoms with van der Waals surface area (Å²) in [4.78, 5) is 15.3. The van der Waals surface area contributed by atoms with E-state index in [-0.39, 0.29) is 27.4 Å². The molecular formula is C22H16ClF4NO3. The highest BCUT2D eigenvalue weighted by molar-refractivity contribution is 6.31. The number of rotatable bonds is 6. The second-order valence-electron chi connectivity index (χ2n) is 6.90. The van der Waals surface area contributed by atoms with Crippen molar-refractivity contribution >= 4 is 17.6 Å². The summed E-state index contributed by atoms with van der Waals surface area (Å²) in [5.74, 6) is -3.35. The standard InChI is InChI=1S/C22H16ClF4NO3/c23-18-10-15(24)4-5-16(18)17(11-22(25,26)27)20(29)13-6-7-28-19(9-13)12-2-1-3-14(8-12)21(30)31/h1-10,17,20,29H,11H2,(H,30,31).